The van der Waals surface area contributed by atoms with Crippen molar-refractivity contribution in [2.45, 2.75) is 0 Å². The van der Waals surface area contributed by atoms with Gasteiger partial charge in [-0.25, -0.2) is 0 Å². The number of fused-ring (bicyclic) bond motifs is 1. The van der Waals surface area contributed by atoms with E-state index >= 15 is 0 Å². The highest BCUT2D eigenvalue weighted by atomic mass is 16.7. The van der Waals surface area contributed by atoms with Crippen molar-refractivity contribution in [2.24, 2.45) is 0 Å². The van der Waals surface area contributed by atoms with Gasteiger partial charge in [-0.1, -0.05) is 18.2 Å². The van der Waals surface area contributed by atoms with E-state index in [1.54, 1.807) is 42.5 Å². The minimum atomic E-state index is -0.338. The Kier molecular flexibility index (Phi) is 2.98. The molecule has 0 fully saturated rings. The lowest BCUT2D eigenvalue weighted by molar-refractivity contribution is 0.102. The SMILES string of the molecule is N#Cc1ccccc1NC(=O)c1cccc2c1OCO2. The molecule has 1 aliphatic heterocycles. The number of nitrogens with one attached hydrogen (secondary N) is 1. The molecule has 0 spiro atoms. The van der Waals surface area contributed by atoms with Crippen LogP contribution in [-0.2, 0) is 0 Å². The summed E-state index contributed by atoms with van der Waals surface area (Å²) in [5.41, 5.74) is 1.26. The monoisotopic (exact) mass is 266 g/mol. The third-order valence-corrected chi connectivity index (χ3v) is 2.94. The average Bonchev–Trinajstić information content (AvgIpc) is 2.96. The molecule has 0 radical (unpaired) electrons. The first-order valence-electron chi connectivity index (χ1n) is 5.98. The van der Waals surface area contributed by atoms with Crippen molar-refractivity contribution >= 4 is 11.6 Å². The van der Waals surface area contributed by atoms with Crippen LogP contribution in [0, 0.1) is 11.3 Å². The van der Waals surface area contributed by atoms with Crippen molar-refractivity contribution in [2.75, 3.05) is 12.1 Å². The van der Waals surface area contributed by atoms with Crippen molar-refractivity contribution in [3.63, 3.8) is 0 Å². The van der Waals surface area contributed by atoms with E-state index in [2.05, 4.69) is 5.32 Å². The lowest BCUT2D eigenvalue weighted by atomic mass is 10.1. The first kappa shape index (κ1) is 12.1. The Morgan fingerprint density at radius 2 is 2.00 bits per heavy atom. The molecular formula is C15H10N2O3. The molecular weight excluding hydrogens is 256 g/mol. The largest absolute Gasteiger partial charge is 0.454 e. The Morgan fingerprint density at radius 1 is 1.15 bits per heavy atom. The number of anilines is 1. The van der Waals surface area contributed by atoms with Crippen LogP contribution >= 0.6 is 0 Å². The maximum Gasteiger partial charge on any atom is 0.259 e. The Morgan fingerprint density at radius 3 is 2.85 bits per heavy atom. The van der Waals surface area contributed by atoms with Gasteiger partial charge in [-0.2, -0.15) is 5.26 Å². The van der Waals surface area contributed by atoms with Gasteiger partial charge in [0, 0.05) is 0 Å². The van der Waals surface area contributed by atoms with Crippen LogP contribution in [0.5, 0.6) is 11.5 Å². The highest BCUT2D eigenvalue weighted by molar-refractivity contribution is 6.07. The van der Waals surface area contributed by atoms with E-state index in [9.17, 15) is 4.79 Å². The normalized spacial score (nSPS) is 11.8. The number of amides is 1. The number of nitrogens with zero attached hydrogens (tertiary/aromatic N) is 1. The van der Waals surface area contributed by atoms with E-state index in [1.807, 2.05) is 6.07 Å². The molecule has 20 heavy (non-hydrogen) atoms. The second-order valence-corrected chi connectivity index (χ2v) is 4.15. The van der Waals surface area contributed by atoms with E-state index in [1.165, 1.54) is 0 Å². The van der Waals surface area contributed by atoms with Gasteiger partial charge >= 0.3 is 0 Å². The second kappa shape index (κ2) is 4.94. The Hall–Kier alpha value is -3.00. The minimum absolute atomic E-state index is 0.106. The lowest BCUT2D eigenvalue weighted by Gasteiger charge is -2.08. The summed E-state index contributed by atoms with van der Waals surface area (Å²) in [4.78, 5) is 12.3. The first-order chi connectivity index (χ1) is 9.79. The van der Waals surface area contributed by atoms with Gasteiger partial charge in [-0.05, 0) is 24.3 Å². The van der Waals surface area contributed by atoms with E-state index in [4.69, 9.17) is 14.7 Å². The summed E-state index contributed by atoms with van der Waals surface area (Å²) in [6.07, 6.45) is 0. The van der Waals surface area contributed by atoms with Gasteiger partial charge in [0.2, 0.25) is 6.79 Å². The van der Waals surface area contributed by atoms with Crippen molar-refractivity contribution in [3.8, 4) is 17.6 Å². The van der Waals surface area contributed by atoms with Crippen molar-refractivity contribution in [1.82, 2.24) is 0 Å². The molecule has 0 bridgehead atoms. The fourth-order valence-electron chi connectivity index (χ4n) is 1.99. The highest BCUT2D eigenvalue weighted by Gasteiger charge is 2.22. The Bertz CT molecular complexity index is 719. The number of hydrogen-bond acceptors (Lipinski definition) is 4. The van der Waals surface area contributed by atoms with Crippen molar-refractivity contribution in [1.29, 1.82) is 5.26 Å². The number of para-hydroxylation sites is 2. The summed E-state index contributed by atoms with van der Waals surface area (Å²) in [6, 6.07) is 14.0. The molecule has 98 valence electrons. The zero-order valence-electron chi connectivity index (χ0n) is 10.4. The molecule has 1 aliphatic rings. The van der Waals surface area contributed by atoms with Gasteiger partial charge < -0.3 is 14.8 Å². The van der Waals surface area contributed by atoms with Gasteiger partial charge in [0.15, 0.2) is 11.5 Å². The summed E-state index contributed by atoms with van der Waals surface area (Å²) >= 11 is 0. The molecule has 0 atom stereocenters. The fraction of sp³-hybridized carbons (Fsp3) is 0.0667. The number of ether oxygens (including phenoxy) is 2. The number of nitriles is 1. The lowest BCUT2D eigenvalue weighted by Crippen LogP contribution is -2.13. The summed E-state index contributed by atoms with van der Waals surface area (Å²) < 4.78 is 10.5. The molecule has 1 N–H and O–H groups in total. The highest BCUT2D eigenvalue weighted by Crippen LogP contribution is 2.35. The second-order valence-electron chi connectivity index (χ2n) is 4.15. The van der Waals surface area contributed by atoms with Crippen LogP contribution in [0.2, 0.25) is 0 Å². The predicted octanol–water partition coefficient (Wildman–Crippen LogP) is 2.54. The molecule has 2 aromatic rings. The molecule has 5 heteroatoms. The molecule has 3 rings (SSSR count). The van der Waals surface area contributed by atoms with Crippen LogP contribution in [-0.4, -0.2) is 12.7 Å². The Labute approximate surface area is 115 Å². The molecule has 1 amide bonds. The maximum absolute atomic E-state index is 12.3. The standard InChI is InChI=1S/C15H10N2O3/c16-8-10-4-1-2-6-12(10)17-15(18)11-5-3-7-13-14(11)20-9-19-13/h1-7H,9H2,(H,17,18). The number of carbonyl (C=O) groups excluding carboxylic acids is 1. The maximum atomic E-state index is 12.3. The summed E-state index contributed by atoms with van der Waals surface area (Å²) in [5.74, 6) is 0.640. The summed E-state index contributed by atoms with van der Waals surface area (Å²) in [7, 11) is 0. The van der Waals surface area contributed by atoms with E-state index < -0.39 is 0 Å². The number of hydrogen-bond donors (Lipinski definition) is 1. The van der Waals surface area contributed by atoms with Crippen molar-refractivity contribution in [3.05, 3.63) is 53.6 Å². The average molecular weight is 266 g/mol. The molecule has 5 nitrogen and oxygen atoms in total. The first-order valence-corrected chi connectivity index (χ1v) is 5.98. The predicted molar refractivity (Wildman–Crippen MR) is 71.7 cm³/mol. The molecule has 0 aromatic heterocycles. The topological polar surface area (TPSA) is 71.4 Å². The minimum Gasteiger partial charge on any atom is -0.454 e. The number of benzene rings is 2. The summed E-state index contributed by atoms with van der Waals surface area (Å²) in [5, 5.41) is 11.7. The number of rotatable bonds is 2. The van der Waals surface area contributed by atoms with E-state index in [-0.39, 0.29) is 12.7 Å². The van der Waals surface area contributed by atoms with Gasteiger partial charge in [0.1, 0.15) is 6.07 Å². The van der Waals surface area contributed by atoms with Gasteiger partial charge in [-0.15, -0.1) is 0 Å². The molecule has 0 unspecified atom stereocenters. The summed E-state index contributed by atoms with van der Waals surface area (Å²) in [6.45, 7) is 0.106. The van der Waals surface area contributed by atoms with Crippen molar-refractivity contribution < 1.29 is 14.3 Å². The van der Waals surface area contributed by atoms with Crippen LogP contribution < -0.4 is 14.8 Å². The van der Waals surface area contributed by atoms with E-state index in [0.717, 1.165) is 0 Å². The van der Waals surface area contributed by atoms with Crippen LogP contribution in [0.15, 0.2) is 42.5 Å². The molecule has 0 saturated heterocycles. The van der Waals surface area contributed by atoms with Gasteiger partial charge in [0.05, 0.1) is 16.8 Å². The van der Waals surface area contributed by atoms with Crippen LogP contribution in [0.4, 0.5) is 5.69 Å². The van der Waals surface area contributed by atoms with Crippen LogP contribution in [0.1, 0.15) is 15.9 Å². The smallest absolute Gasteiger partial charge is 0.259 e. The van der Waals surface area contributed by atoms with Crippen LogP contribution in [0.25, 0.3) is 0 Å². The Balaban J connectivity index is 1.91. The van der Waals surface area contributed by atoms with E-state index in [0.29, 0.717) is 28.3 Å². The number of carbonyl (C=O) groups is 1. The molecule has 0 aliphatic carbocycles. The third kappa shape index (κ3) is 2.04. The van der Waals surface area contributed by atoms with Gasteiger partial charge in [0.25, 0.3) is 5.91 Å². The third-order valence-electron chi connectivity index (χ3n) is 2.94. The zero-order valence-corrected chi connectivity index (χ0v) is 10.4. The quantitative estimate of drug-likeness (QED) is 0.906. The zero-order chi connectivity index (χ0) is 13.9. The van der Waals surface area contributed by atoms with Gasteiger partial charge in [-0.3, -0.25) is 4.79 Å². The molecule has 0 saturated carbocycles. The van der Waals surface area contributed by atoms with Crippen LogP contribution in [0.3, 0.4) is 0 Å². The molecule has 2 aromatic carbocycles. The fourth-order valence-corrected chi connectivity index (χ4v) is 1.99. The molecule has 1 heterocycles.